The Morgan fingerprint density at radius 2 is 0.891 bits per heavy atom. The topological polar surface area (TPSA) is 43.4 Å². The number of carbonyl (C=O) groups excluding carboxylic acids is 2. The Balaban J connectivity index is 0.000000532. The quantitative estimate of drug-likeness (QED) is 0.106. The Labute approximate surface area is 288 Å². The summed E-state index contributed by atoms with van der Waals surface area (Å²) in [6.45, 7) is 13.8. The van der Waals surface area contributed by atoms with Crippen LogP contribution in [0.5, 0.6) is 0 Å². The van der Waals surface area contributed by atoms with Crippen molar-refractivity contribution in [2.45, 2.75) is 41.5 Å². The van der Waals surface area contributed by atoms with Crippen LogP contribution < -0.4 is 32.3 Å². The molecule has 0 aliphatic carbocycles. The van der Waals surface area contributed by atoms with E-state index in [0.29, 0.717) is 0 Å². The minimum absolute atomic E-state index is 0. The number of hydrogen-bond donors (Lipinski definition) is 0. The van der Waals surface area contributed by atoms with Gasteiger partial charge < -0.3 is 4.74 Å². The summed E-state index contributed by atoms with van der Waals surface area (Å²) in [5.41, 5.74) is 12.5. The molecule has 1 aliphatic heterocycles. The zero-order valence-electron chi connectivity index (χ0n) is 27.2. The van der Waals surface area contributed by atoms with Crippen LogP contribution in [0.4, 0.5) is 0 Å². The average molecular weight is 716 g/mol. The smallest absolute Gasteiger partial charge is 0.338 e. The number of hydrogen-bond acceptors (Lipinski definition) is 3. The van der Waals surface area contributed by atoms with Crippen LogP contribution in [0, 0.1) is 41.5 Å². The first kappa shape index (κ1) is 35.0. The molecule has 0 N–H and O–H groups in total. The van der Waals surface area contributed by atoms with E-state index in [4.69, 9.17) is 0 Å². The number of aryl methyl sites for hydroxylation is 6. The van der Waals surface area contributed by atoms with Crippen LogP contribution in [0.1, 0.15) is 33.4 Å². The zero-order valence-corrected chi connectivity index (χ0v) is 29.7. The van der Waals surface area contributed by atoms with Crippen LogP contribution in [0.3, 0.4) is 0 Å². The van der Waals surface area contributed by atoms with Crippen LogP contribution in [-0.2, 0) is 34.7 Å². The Hall–Kier alpha value is -3.86. The molecule has 6 rings (SSSR count). The first-order valence-electron chi connectivity index (χ1n) is 15.3. The van der Waals surface area contributed by atoms with Gasteiger partial charge in [0.2, 0.25) is 6.71 Å². The monoisotopic (exact) mass is 715 g/mol. The van der Waals surface area contributed by atoms with E-state index in [-0.39, 0.29) is 27.1 Å². The molecule has 3 nitrogen and oxygen atoms in total. The third-order valence-electron chi connectivity index (χ3n) is 8.28. The molecule has 0 fully saturated rings. The Bertz CT molecular complexity index is 1730. The van der Waals surface area contributed by atoms with E-state index in [1.807, 2.05) is 0 Å². The summed E-state index contributed by atoms with van der Waals surface area (Å²) in [7, 11) is -1.23. The summed E-state index contributed by atoms with van der Waals surface area (Å²) < 4.78 is 3.97. The normalized spacial score (nSPS) is 11.9. The van der Waals surface area contributed by atoms with Gasteiger partial charge in [-0.25, -0.2) is 9.59 Å². The second-order valence-corrected chi connectivity index (χ2v) is 14.3. The van der Waals surface area contributed by atoms with Crippen molar-refractivity contribution in [3.8, 4) is 0 Å². The Morgan fingerprint density at radius 1 is 0.522 bits per heavy atom. The summed E-state index contributed by atoms with van der Waals surface area (Å²) >= 11 is 0. The molecule has 0 saturated heterocycles. The predicted molar refractivity (Wildman–Crippen MR) is 193 cm³/mol. The van der Waals surface area contributed by atoms with Crippen LogP contribution in [0.25, 0.3) is 0 Å². The van der Waals surface area contributed by atoms with Gasteiger partial charge in [-0.15, -0.1) is 0 Å². The number of carbonyl (C=O) groups is 2. The van der Waals surface area contributed by atoms with Crippen molar-refractivity contribution in [1.29, 1.82) is 0 Å². The molecule has 1 aliphatic rings. The van der Waals surface area contributed by atoms with Gasteiger partial charge in [0.05, 0.1) is 13.2 Å². The minimum atomic E-state index is -1.23. The fourth-order valence-electron chi connectivity index (χ4n) is 6.72. The van der Waals surface area contributed by atoms with Gasteiger partial charge in [0.25, 0.3) is 0 Å². The third-order valence-corrected chi connectivity index (χ3v) is 11.1. The summed E-state index contributed by atoms with van der Waals surface area (Å²) in [6, 6.07) is 41.0. The molecule has 1 heterocycles. The number of rotatable bonds is 6. The molecule has 0 atom stereocenters. The number of ether oxygens (including phenoxy) is 1. The Kier molecular flexibility index (Phi) is 11.9. The zero-order chi connectivity index (χ0) is 32.1. The van der Waals surface area contributed by atoms with E-state index >= 15 is 0 Å². The Morgan fingerprint density at radius 3 is 1.26 bits per heavy atom. The maximum absolute atomic E-state index is 9.92. The fourth-order valence-corrected chi connectivity index (χ4v) is 9.50. The van der Waals surface area contributed by atoms with E-state index in [2.05, 4.69) is 155 Å². The molecule has 0 unspecified atom stereocenters. The third kappa shape index (κ3) is 7.91. The number of cyclic esters (lactones) is 2. The summed E-state index contributed by atoms with van der Waals surface area (Å²) in [4.78, 5) is 19.8. The molecule has 5 aromatic rings. The SMILES string of the molecule is Cc1cc(C)c(B(c2ccccc2[PH+](c2ccccc2)c2ccccc2)c2c(C)cc(C)cc2C)c(C)c1.O=C1C=CC(=O)O1.[Pd]. The molecular weight excluding hydrogens is 677 g/mol. The molecule has 0 bridgehead atoms. The van der Waals surface area contributed by atoms with Crippen molar-refractivity contribution in [3.63, 3.8) is 0 Å². The van der Waals surface area contributed by atoms with E-state index in [1.165, 1.54) is 65.7 Å². The van der Waals surface area contributed by atoms with Gasteiger partial charge >= 0.3 is 11.9 Å². The molecule has 46 heavy (non-hydrogen) atoms. The average Bonchev–Trinajstić information content (AvgIpc) is 3.39. The van der Waals surface area contributed by atoms with E-state index < -0.39 is 19.9 Å². The van der Waals surface area contributed by atoms with Gasteiger partial charge in [-0.3, -0.25) is 0 Å². The van der Waals surface area contributed by atoms with Crippen LogP contribution in [0.2, 0.25) is 0 Å². The van der Waals surface area contributed by atoms with Crippen molar-refractivity contribution in [1.82, 2.24) is 0 Å². The largest absolute Gasteiger partial charge is 0.387 e. The minimum Gasteiger partial charge on any atom is -0.387 e. The predicted octanol–water partition coefficient (Wildman–Crippen LogP) is 5.17. The molecular formula is C40H39BO3PPd+. The molecule has 0 amide bonds. The first-order chi connectivity index (χ1) is 21.6. The summed E-state index contributed by atoms with van der Waals surface area (Å²) in [6.07, 6.45) is 2.17. The number of benzene rings is 5. The second-order valence-electron chi connectivity index (χ2n) is 11.8. The van der Waals surface area contributed by atoms with Gasteiger partial charge in [0.1, 0.15) is 10.6 Å². The fraction of sp³-hybridized carbons (Fsp3) is 0.150. The van der Waals surface area contributed by atoms with Gasteiger partial charge in [0, 0.05) is 32.6 Å². The van der Waals surface area contributed by atoms with Gasteiger partial charge in [-0.2, -0.15) is 0 Å². The van der Waals surface area contributed by atoms with E-state index in [0.717, 1.165) is 12.2 Å². The van der Waals surface area contributed by atoms with E-state index in [9.17, 15) is 9.59 Å². The maximum Gasteiger partial charge on any atom is 0.338 e. The molecule has 0 spiro atoms. The molecule has 234 valence electrons. The van der Waals surface area contributed by atoms with Crippen LogP contribution in [0.15, 0.2) is 121 Å². The van der Waals surface area contributed by atoms with Crippen molar-refractivity contribution in [2.24, 2.45) is 0 Å². The van der Waals surface area contributed by atoms with Gasteiger partial charge in [-0.05, 0) is 77.3 Å². The van der Waals surface area contributed by atoms with Gasteiger partial charge in [-0.1, -0.05) is 123 Å². The summed E-state index contributed by atoms with van der Waals surface area (Å²) in [5.74, 6) is -1.16. The summed E-state index contributed by atoms with van der Waals surface area (Å²) in [5, 5.41) is 4.31. The molecule has 0 aromatic heterocycles. The molecule has 5 aromatic carbocycles. The van der Waals surface area contributed by atoms with Crippen molar-refractivity contribution in [2.75, 3.05) is 0 Å². The van der Waals surface area contributed by atoms with Crippen LogP contribution in [-0.4, -0.2) is 18.7 Å². The van der Waals surface area contributed by atoms with Crippen molar-refractivity contribution >= 4 is 58.9 Å². The van der Waals surface area contributed by atoms with Crippen molar-refractivity contribution in [3.05, 3.63) is 155 Å². The molecule has 0 radical (unpaired) electrons. The number of esters is 2. The van der Waals surface area contributed by atoms with Gasteiger partial charge in [0.15, 0.2) is 0 Å². The molecule has 6 heteroatoms. The first-order valence-corrected chi connectivity index (χ1v) is 16.8. The second kappa shape index (κ2) is 15.6. The maximum atomic E-state index is 9.92. The standard InChI is InChI=1S/C36H36BP.C4H2O3.Pd/c1-25-21-27(3)35(28(4)22-25)37(36-29(5)23-26(2)24-30(36)6)33-19-13-14-20-34(33)38(31-15-9-7-10-16-31)32-17-11-8-12-18-32;5-3-1-2-4(6)7-3;/h7-24H,1-6H3;1-2H;/p+1. The van der Waals surface area contributed by atoms with E-state index in [1.54, 1.807) is 0 Å². The molecule has 0 saturated carbocycles. The van der Waals surface area contributed by atoms with Crippen LogP contribution >= 0.6 is 7.92 Å². The van der Waals surface area contributed by atoms with Crippen molar-refractivity contribution < 1.29 is 34.7 Å².